The van der Waals surface area contributed by atoms with Crippen LogP contribution in [-0.2, 0) is 17.6 Å². The van der Waals surface area contributed by atoms with Crippen LogP contribution in [0.4, 0.5) is 0 Å². The van der Waals surface area contributed by atoms with Gasteiger partial charge in [-0.15, -0.1) is 0 Å². The molecule has 4 heteroatoms. The van der Waals surface area contributed by atoms with Gasteiger partial charge < -0.3 is 9.52 Å². The van der Waals surface area contributed by atoms with Crippen LogP contribution in [-0.4, -0.2) is 16.1 Å². The van der Waals surface area contributed by atoms with Crippen LogP contribution >= 0.6 is 0 Å². The van der Waals surface area contributed by atoms with Crippen LogP contribution in [0.3, 0.4) is 0 Å². The maximum Gasteiger partial charge on any atom is 0.309 e. The molecule has 0 radical (unpaired) electrons. The van der Waals surface area contributed by atoms with E-state index in [0.29, 0.717) is 11.6 Å². The minimum Gasteiger partial charge on any atom is -0.481 e. The smallest absolute Gasteiger partial charge is 0.309 e. The zero-order valence-electron chi connectivity index (χ0n) is 9.51. The summed E-state index contributed by atoms with van der Waals surface area (Å²) in [4.78, 5) is 14.6. The van der Waals surface area contributed by atoms with Crippen LogP contribution in [0, 0.1) is 0 Å². The van der Waals surface area contributed by atoms with Gasteiger partial charge in [-0.1, -0.05) is 19.1 Å². The largest absolute Gasteiger partial charge is 0.481 e. The second-order valence-corrected chi connectivity index (χ2v) is 3.76. The first-order chi connectivity index (χ1) is 8.19. The van der Waals surface area contributed by atoms with E-state index >= 15 is 0 Å². The summed E-state index contributed by atoms with van der Waals surface area (Å²) < 4.78 is 5.25. The van der Waals surface area contributed by atoms with Gasteiger partial charge in [0.1, 0.15) is 6.26 Å². The van der Waals surface area contributed by atoms with E-state index in [4.69, 9.17) is 9.52 Å². The lowest BCUT2D eigenvalue weighted by Crippen LogP contribution is -1.99. The van der Waals surface area contributed by atoms with Crippen LogP contribution in [0.15, 0.2) is 34.9 Å². The highest BCUT2D eigenvalue weighted by atomic mass is 16.4. The van der Waals surface area contributed by atoms with Gasteiger partial charge in [-0.25, -0.2) is 4.98 Å². The highest BCUT2D eigenvalue weighted by Gasteiger charge is 2.09. The van der Waals surface area contributed by atoms with Gasteiger partial charge in [-0.05, 0) is 24.1 Å². The number of hydrogen-bond donors (Lipinski definition) is 1. The zero-order valence-corrected chi connectivity index (χ0v) is 9.51. The van der Waals surface area contributed by atoms with Gasteiger partial charge in [0.2, 0.25) is 5.89 Å². The van der Waals surface area contributed by atoms with Crippen LogP contribution in [0.1, 0.15) is 18.2 Å². The molecule has 0 fully saturated rings. The maximum atomic E-state index is 10.5. The summed E-state index contributed by atoms with van der Waals surface area (Å²) in [6.45, 7) is 2.09. The van der Waals surface area contributed by atoms with Crippen LogP contribution in [0.5, 0.6) is 0 Å². The highest BCUT2D eigenvalue weighted by molar-refractivity contribution is 5.69. The van der Waals surface area contributed by atoms with Crippen molar-refractivity contribution in [1.29, 1.82) is 0 Å². The lowest BCUT2D eigenvalue weighted by molar-refractivity contribution is -0.136. The summed E-state index contributed by atoms with van der Waals surface area (Å²) in [6.07, 6.45) is 2.25. The number of aromatic nitrogens is 1. The predicted molar refractivity (Wildman–Crippen MR) is 62.7 cm³/mol. The van der Waals surface area contributed by atoms with E-state index in [1.165, 1.54) is 11.8 Å². The number of oxazole rings is 1. The van der Waals surface area contributed by atoms with E-state index in [9.17, 15) is 4.79 Å². The average Bonchev–Trinajstić information content (AvgIpc) is 2.77. The number of carbonyl (C=O) groups is 1. The van der Waals surface area contributed by atoms with Crippen molar-refractivity contribution in [2.75, 3.05) is 0 Å². The molecule has 0 saturated carbocycles. The van der Waals surface area contributed by atoms with Crippen LogP contribution < -0.4 is 0 Å². The highest BCUT2D eigenvalue weighted by Crippen LogP contribution is 2.19. The first kappa shape index (κ1) is 11.4. The third kappa shape index (κ3) is 2.72. The molecule has 1 heterocycles. The van der Waals surface area contributed by atoms with Crippen molar-refractivity contribution in [3.63, 3.8) is 0 Å². The summed E-state index contributed by atoms with van der Waals surface area (Å²) in [5.74, 6) is -0.449. The molecule has 0 saturated heterocycles. The Morgan fingerprint density at radius 1 is 1.35 bits per heavy atom. The Bertz CT molecular complexity index is 514. The number of aryl methyl sites for hydroxylation is 1. The normalized spacial score (nSPS) is 10.4. The van der Waals surface area contributed by atoms with Crippen molar-refractivity contribution >= 4 is 5.97 Å². The summed E-state index contributed by atoms with van der Waals surface area (Å²) in [5, 5.41) is 8.63. The maximum absolute atomic E-state index is 10.5. The van der Waals surface area contributed by atoms with Gasteiger partial charge in [0.05, 0.1) is 12.1 Å². The number of rotatable bonds is 4. The standard InChI is InChI=1S/C13H13NO3/c1-2-9-3-5-10(6-4-9)13-14-11(8-17-13)7-12(15)16/h3-6,8H,2,7H2,1H3,(H,15,16). The Hall–Kier alpha value is -2.10. The second-order valence-electron chi connectivity index (χ2n) is 3.76. The lowest BCUT2D eigenvalue weighted by atomic mass is 10.1. The third-order valence-electron chi connectivity index (χ3n) is 2.49. The summed E-state index contributed by atoms with van der Waals surface area (Å²) in [5.41, 5.74) is 2.54. The van der Waals surface area contributed by atoms with Gasteiger partial charge >= 0.3 is 5.97 Å². The van der Waals surface area contributed by atoms with Gasteiger partial charge in [0, 0.05) is 5.56 Å². The molecule has 0 unspecified atom stereocenters. The number of carboxylic acids is 1. The third-order valence-corrected chi connectivity index (χ3v) is 2.49. The molecule has 0 bridgehead atoms. The molecule has 0 atom stereocenters. The number of carboxylic acid groups (broad SMARTS) is 1. The molecule has 1 N–H and O–H groups in total. The molecule has 88 valence electrons. The van der Waals surface area contributed by atoms with Crippen molar-refractivity contribution in [3.8, 4) is 11.5 Å². The number of benzene rings is 1. The van der Waals surface area contributed by atoms with Crippen molar-refractivity contribution in [2.45, 2.75) is 19.8 Å². The zero-order chi connectivity index (χ0) is 12.3. The minimum atomic E-state index is -0.911. The molecule has 1 aromatic carbocycles. The molecule has 2 rings (SSSR count). The molecule has 2 aromatic rings. The molecule has 0 amide bonds. The average molecular weight is 231 g/mol. The van der Waals surface area contributed by atoms with Crippen molar-refractivity contribution in [3.05, 3.63) is 41.8 Å². The second kappa shape index (κ2) is 4.82. The SMILES string of the molecule is CCc1ccc(-c2nc(CC(=O)O)co2)cc1. The molecular weight excluding hydrogens is 218 g/mol. The minimum absolute atomic E-state index is 0.115. The molecular formula is C13H13NO3. The van der Waals surface area contributed by atoms with Crippen molar-refractivity contribution in [1.82, 2.24) is 4.98 Å². The van der Waals surface area contributed by atoms with Crippen LogP contribution in [0.25, 0.3) is 11.5 Å². The Morgan fingerprint density at radius 3 is 2.65 bits per heavy atom. The topological polar surface area (TPSA) is 63.3 Å². The lowest BCUT2D eigenvalue weighted by Gasteiger charge is -1.97. The van der Waals surface area contributed by atoms with Gasteiger partial charge in [-0.3, -0.25) is 4.79 Å². The molecule has 0 aliphatic carbocycles. The number of aliphatic carboxylic acids is 1. The van der Waals surface area contributed by atoms with E-state index in [1.807, 2.05) is 24.3 Å². The first-order valence-corrected chi connectivity index (χ1v) is 5.44. The number of hydrogen-bond acceptors (Lipinski definition) is 3. The van der Waals surface area contributed by atoms with Gasteiger partial charge in [0.15, 0.2) is 0 Å². The summed E-state index contributed by atoms with van der Waals surface area (Å²) >= 11 is 0. The monoisotopic (exact) mass is 231 g/mol. The fourth-order valence-corrected chi connectivity index (χ4v) is 1.56. The van der Waals surface area contributed by atoms with Crippen LogP contribution in [0.2, 0.25) is 0 Å². The molecule has 0 aliphatic heterocycles. The molecule has 4 nitrogen and oxygen atoms in total. The van der Waals surface area contributed by atoms with Crippen molar-refractivity contribution in [2.24, 2.45) is 0 Å². The van der Waals surface area contributed by atoms with Gasteiger partial charge in [0.25, 0.3) is 0 Å². The Labute approximate surface area is 98.9 Å². The Balaban J connectivity index is 2.21. The van der Waals surface area contributed by atoms with E-state index in [0.717, 1.165) is 12.0 Å². The van der Waals surface area contributed by atoms with E-state index in [2.05, 4.69) is 11.9 Å². The predicted octanol–water partition coefficient (Wildman–Crippen LogP) is 2.53. The van der Waals surface area contributed by atoms with E-state index < -0.39 is 5.97 Å². The summed E-state index contributed by atoms with van der Waals surface area (Å²) in [6, 6.07) is 7.87. The van der Waals surface area contributed by atoms with Gasteiger partial charge in [-0.2, -0.15) is 0 Å². The quantitative estimate of drug-likeness (QED) is 0.878. The number of nitrogens with zero attached hydrogens (tertiary/aromatic N) is 1. The molecule has 0 aliphatic rings. The fraction of sp³-hybridized carbons (Fsp3) is 0.231. The molecule has 1 aromatic heterocycles. The van der Waals surface area contributed by atoms with E-state index in [1.54, 1.807) is 0 Å². The Kier molecular flexibility index (Phi) is 3.23. The fourth-order valence-electron chi connectivity index (χ4n) is 1.56. The molecule has 17 heavy (non-hydrogen) atoms. The van der Waals surface area contributed by atoms with Crippen molar-refractivity contribution < 1.29 is 14.3 Å². The first-order valence-electron chi connectivity index (χ1n) is 5.44. The summed E-state index contributed by atoms with van der Waals surface area (Å²) in [7, 11) is 0. The van der Waals surface area contributed by atoms with E-state index in [-0.39, 0.29) is 6.42 Å². The Morgan fingerprint density at radius 2 is 2.06 bits per heavy atom. The molecule has 0 spiro atoms.